The Bertz CT molecular complexity index is 351. The molecule has 2 atom stereocenters. The molecular formula is C12H15FO2S. The normalized spacial score (nSPS) is 14.2. The minimum atomic E-state index is -0.252. The van der Waals surface area contributed by atoms with Crippen molar-refractivity contribution >= 4 is 17.7 Å². The van der Waals surface area contributed by atoms with Crippen molar-refractivity contribution in [3.63, 3.8) is 0 Å². The van der Waals surface area contributed by atoms with Crippen LogP contribution in [0.4, 0.5) is 4.39 Å². The number of esters is 1. The molecule has 0 aromatic heterocycles. The van der Waals surface area contributed by atoms with Crippen LogP contribution in [0, 0.1) is 11.7 Å². The van der Waals surface area contributed by atoms with Crippen molar-refractivity contribution in [3.05, 3.63) is 30.1 Å². The number of hydrogen-bond acceptors (Lipinski definition) is 3. The lowest BCUT2D eigenvalue weighted by Gasteiger charge is -2.17. The summed E-state index contributed by atoms with van der Waals surface area (Å²) < 4.78 is 17.4. The van der Waals surface area contributed by atoms with Gasteiger partial charge in [-0.3, -0.25) is 4.79 Å². The molecule has 4 heteroatoms. The van der Waals surface area contributed by atoms with Gasteiger partial charge in [-0.15, -0.1) is 11.8 Å². The Kier molecular flexibility index (Phi) is 4.80. The maximum absolute atomic E-state index is 12.7. The molecule has 0 saturated carbocycles. The number of ether oxygens (including phenoxy) is 1. The molecular weight excluding hydrogens is 227 g/mol. The Morgan fingerprint density at radius 3 is 2.38 bits per heavy atom. The highest BCUT2D eigenvalue weighted by atomic mass is 32.2. The summed E-state index contributed by atoms with van der Waals surface area (Å²) in [6.07, 6.45) is 0. The van der Waals surface area contributed by atoms with Gasteiger partial charge >= 0.3 is 5.97 Å². The van der Waals surface area contributed by atoms with Crippen molar-refractivity contribution in [2.75, 3.05) is 7.11 Å². The zero-order valence-corrected chi connectivity index (χ0v) is 10.4. The smallest absolute Gasteiger partial charge is 0.309 e. The van der Waals surface area contributed by atoms with Gasteiger partial charge in [-0.2, -0.15) is 0 Å². The molecule has 88 valence electrons. The fourth-order valence-electron chi connectivity index (χ4n) is 1.21. The molecule has 0 spiro atoms. The maximum Gasteiger partial charge on any atom is 0.309 e. The first-order chi connectivity index (χ1) is 7.54. The van der Waals surface area contributed by atoms with Gasteiger partial charge in [-0.05, 0) is 24.3 Å². The van der Waals surface area contributed by atoms with E-state index in [2.05, 4.69) is 4.74 Å². The van der Waals surface area contributed by atoms with E-state index in [0.717, 1.165) is 4.90 Å². The average molecular weight is 242 g/mol. The summed E-state index contributed by atoms with van der Waals surface area (Å²) in [6.45, 7) is 3.78. The summed E-state index contributed by atoms with van der Waals surface area (Å²) in [5.41, 5.74) is 0. The molecule has 1 aromatic rings. The van der Waals surface area contributed by atoms with Gasteiger partial charge in [0.2, 0.25) is 0 Å². The van der Waals surface area contributed by atoms with Gasteiger partial charge in [0, 0.05) is 10.1 Å². The molecule has 2 unspecified atom stereocenters. The summed E-state index contributed by atoms with van der Waals surface area (Å²) in [7, 11) is 1.38. The van der Waals surface area contributed by atoms with Crippen LogP contribution in [-0.2, 0) is 9.53 Å². The van der Waals surface area contributed by atoms with Crippen LogP contribution in [0.1, 0.15) is 13.8 Å². The molecule has 0 aliphatic rings. The van der Waals surface area contributed by atoms with E-state index in [-0.39, 0.29) is 23.0 Å². The van der Waals surface area contributed by atoms with Crippen LogP contribution >= 0.6 is 11.8 Å². The molecule has 0 fully saturated rings. The largest absolute Gasteiger partial charge is 0.469 e. The van der Waals surface area contributed by atoms with E-state index in [1.165, 1.54) is 31.0 Å². The number of hydrogen-bond donors (Lipinski definition) is 0. The lowest BCUT2D eigenvalue weighted by molar-refractivity contribution is -0.144. The van der Waals surface area contributed by atoms with Gasteiger partial charge in [0.05, 0.1) is 13.0 Å². The van der Waals surface area contributed by atoms with Crippen LogP contribution in [0.15, 0.2) is 29.2 Å². The third-order valence-electron chi connectivity index (χ3n) is 2.41. The number of rotatable bonds is 4. The van der Waals surface area contributed by atoms with Crippen LogP contribution in [0.3, 0.4) is 0 Å². The Balaban J connectivity index is 2.60. The molecule has 0 amide bonds. The number of halogens is 1. The Hall–Kier alpha value is -1.03. The number of methoxy groups -OCH3 is 1. The third-order valence-corrected chi connectivity index (χ3v) is 3.74. The zero-order valence-electron chi connectivity index (χ0n) is 9.57. The van der Waals surface area contributed by atoms with Crippen LogP contribution in [0.5, 0.6) is 0 Å². The Morgan fingerprint density at radius 2 is 1.88 bits per heavy atom. The Labute approximate surface area is 99.2 Å². The van der Waals surface area contributed by atoms with Gasteiger partial charge in [0.25, 0.3) is 0 Å². The second-order valence-corrected chi connectivity index (χ2v) is 5.04. The average Bonchev–Trinajstić information content (AvgIpc) is 2.30. The van der Waals surface area contributed by atoms with Gasteiger partial charge < -0.3 is 4.74 Å². The molecule has 16 heavy (non-hydrogen) atoms. The van der Waals surface area contributed by atoms with Crippen LogP contribution in [-0.4, -0.2) is 18.3 Å². The minimum Gasteiger partial charge on any atom is -0.469 e. The molecule has 0 heterocycles. The maximum atomic E-state index is 12.7. The monoisotopic (exact) mass is 242 g/mol. The topological polar surface area (TPSA) is 26.3 Å². The lowest BCUT2D eigenvalue weighted by atomic mass is 10.1. The fraction of sp³-hybridized carbons (Fsp3) is 0.417. The number of thioether (sulfide) groups is 1. The van der Waals surface area contributed by atoms with Gasteiger partial charge in [0.1, 0.15) is 5.82 Å². The van der Waals surface area contributed by atoms with Gasteiger partial charge in [-0.25, -0.2) is 4.39 Å². The summed E-state index contributed by atoms with van der Waals surface area (Å²) in [6, 6.07) is 6.25. The molecule has 2 nitrogen and oxygen atoms in total. The van der Waals surface area contributed by atoms with Crippen molar-refractivity contribution in [2.45, 2.75) is 24.0 Å². The molecule has 0 saturated heterocycles. The number of benzene rings is 1. The van der Waals surface area contributed by atoms with E-state index in [4.69, 9.17) is 0 Å². The number of carbonyl (C=O) groups is 1. The molecule has 0 radical (unpaired) electrons. The van der Waals surface area contributed by atoms with E-state index in [1.807, 2.05) is 13.8 Å². The van der Waals surface area contributed by atoms with E-state index in [1.54, 1.807) is 12.1 Å². The van der Waals surface area contributed by atoms with Crippen molar-refractivity contribution in [1.82, 2.24) is 0 Å². The van der Waals surface area contributed by atoms with Crippen molar-refractivity contribution in [2.24, 2.45) is 5.92 Å². The van der Waals surface area contributed by atoms with Crippen molar-refractivity contribution in [3.8, 4) is 0 Å². The SMILES string of the molecule is COC(=O)C(C)C(C)Sc1ccc(F)cc1. The van der Waals surface area contributed by atoms with E-state index >= 15 is 0 Å². The standard InChI is InChI=1S/C12H15FO2S/c1-8(12(14)15-3)9(2)16-11-6-4-10(13)5-7-11/h4-9H,1-3H3. The quantitative estimate of drug-likeness (QED) is 0.599. The first-order valence-electron chi connectivity index (χ1n) is 5.04. The minimum absolute atomic E-state index is 0.0953. The van der Waals surface area contributed by atoms with Crippen molar-refractivity contribution in [1.29, 1.82) is 0 Å². The highest BCUT2D eigenvalue weighted by molar-refractivity contribution is 8.00. The van der Waals surface area contributed by atoms with Gasteiger partial charge in [-0.1, -0.05) is 13.8 Å². The summed E-state index contributed by atoms with van der Waals surface area (Å²) in [5, 5.41) is 0.0953. The van der Waals surface area contributed by atoms with E-state index in [9.17, 15) is 9.18 Å². The van der Waals surface area contributed by atoms with E-state index in [0.29, 0.717) is 0 Å². The van der Waals surface area contributed by atoms with Crippen LogP contribution in [0.2, 0.25) is 0 Å². The molecule has 0 N–H and O–H groups in total. The molecule has 0 bridgehead atoms. The molecule has 0 aliphatic heterocycles. The zero-order chi connectivity index (χ0) is 12.1. The Morgan fingerprint density at radius 1 is 1.31 bits per heavy atom. The van der Waals surface area contributed by atoms with Crippen molar-refractivity contribution < 1.29 is 13.9 Å². The molecule has 1 rings (SSSR count). The second-order valence-electron chi connectivity index (χ2n) is 3.59. The lowest BCUT2D eigenvalue weighted by Crippen LogP contribution is -2.21. The molecule has 1 aromatic carbocycles. The first kappa shape index (κ1) is 13.0. The summed E-state index contributed by atoms with van der Waals surface area (Å²) in [4.78, 5) is 12.3. The van der Waals surface area contributed by atoms with E-state index < -0.39 is 0 Å². The molecule has 0 aliphatic carbocycles. The van der Waals surface area contributed by atoms with Gasteiger partial charge in [0.15, 0.2) is 0 Å². The highest BCUT2D eigenvalue weighted by Crippen LogP contribution is 2.28. The van der Waals surface area contributed by atoms with Crippen LogP contribution < -0.4 is 0 Å². The third kappa shape index (κ3) is 3.52. The summed E-state index contributed by atoms with van der Waals surface area (Å²) >= 11 is 1.54. The predicted molar refractivity (Wildman–Crippen MR) is 62.9 cm³/mol. The fourth-order valence-corrected chi connectivity index (χ4v) is 2.25. The number of carbonyl (C=O) groups excluding carboxylic acids is 1. The predicted octanol–water partition coefficient (Wildman–Crippen LogP) is 3.12. The second kappa shape index (κ2) is 5.89. The highest BCUT2D eigenvalue weighted by Gasteiger charge is 2.21. The summed E-state index contributed by atoms with van der Waals surface area (Å²) in [5.74, 6) is -0.653. The van der Waals surface area contributed by atoms with Crippen LogP contribution in [0.25, 0.3) is 0 Å². The first-order valence-corrected chi connectivity index (χ1v) is 5.92.